The summed E-state index contributed by atoms with van der Waals surface area (Å²) in [6, 6.07) is 30.5. The fourth-order valence-electron chi connectivity index (χ4n) is 4.63. The molecule has 0 bridgehead atoms. The molecule has 5 aromatic carbocycles. The molecular weight excluding hydrogens is 498 g/mol. The number of rotatable bonds is 3. The highest BCUT2D eigenvalue weighted by Crippen LogP contribution is 2.40. The van der Waals surface area contributed by atoms with E-state index in [1.807, 2.05) is 20.8 Å². The van der Waals surface area contributed by atoms with Crippen LogP contribution in [0.1, 0.15) is 34.1 Å². The first-order valence-electron chi connectivity index (χ1n) is 13.7. The van der Waals surface area contributed by atoms with Gasteiger partial charge in [-0.25, -0.2) is 0 Å². The Kier molecular flexibility index (Phi) is 11.1. The molecule has 0 spiro atoms. The van der Waals surface area contributed by atoms with E-state index in [-0.39, 0.29) is 24.7 Å². The molecule has 0 atom stereocenters. The van der Waals surface area contributed by atoms with E-state index in [2.05, 4.69) is 89.9 Å². The summed E-state index contributed by atoms with van der Waals surface area (Å²) in [7, 11) is 0. The number of aromatic amines is 1. The minimum Gasteiger partial charge on any atom is -0.513 e. The number of hydrogen-bond donors (Lipinski definition) is 5. The fraction of sp³-hybridized carbons (Fsp3) is 0.200. The molecule has 1 heterocycles. The zero-order valence-electron chi connectivity index (χ0n) is 23.6. The van der Waals surface area contributed by atoms with Gasteiger partial charge in [0.25, 0.3) is 0 Å². The third-order valence-corrected chi connectivity index (χ3v) is 6.57. The minimum atomic E-state index is -0.253. The predicted molar refractivity (Wildman–Crippen MR) is 171 cm³/mol. The maximum atomic E-state index is 8.56. The highest BCUT2D eigenvalue weighted by atomic mass is 16.3. The average Bonchev–Trinajstić information content (AvgIpc) is 3.43. The van der Waals surface area contributed by atoms with E-state index in [0.29, 0.717) is 6.42 Å². The smallest absolute Gasteiger partial charge is 0.113 e. The molecule has 40 heavy (non-hydrogen) atoms. The number of hydrogen-bond acceptors (Lipinski definition) is 4. The Balaban J connectivity index is 0.000000247. The van der Waals surface area contributed by atoms with Crippen molar-refractivity contribution >= 4 is 54.1 Å². The Bertz CT molecular complexity index is 1760. The summed E-state index contributed by atoms with van der Waals surface area (Å²) < 4.78 is 0. The van der Waals surface area contributed by atoms with Crippen molar-refractivity contribution in [1.82, 2.24) is 4.98 Å². The lowest BCUT2D eigenvalue weighted by Crippen LogP contribution is -1.84. The minimum absolute atomic E-state index is 0.0231. The van der Waals surface area contributed by atoms with Crippen LogP contribution < -0.4 is 0 Å². The largest absolute Gasteiger partial charge is 0.513 e. The van der Waals surface area contributed by atoms with Crippen LogP contribution in [0.15, 0.2) is 109 Å². The normalized spacial score (nSPS) is 11.6. The molecule has 208 valence electrons. The van der Waals surface area contributed by atoms with Gasteiger partial charge in [0.2, 0.25) is 0 Å². The second-order valence-corrected chi connectivity index (χ2v) is 8.85. The second-order valence-electron chi connectivity index (χ2n) is 8.85. The summed E-state index contributed by atoms with van der Waals surface area (Å²) in [5.41, 5.74) is 2.47. The van der Waals surface area contributed by atoms with Crippen molar-refractivity contribution < 1.29 is 20.4 Å². The molecule has 0 aliphatic rings. The van der Waals surface area contributed by atoms with Gasteiger partial charge in [-0.3, -0.25) is 0 Å². The molecule has 0 amide bonds. The molecule has 6 aromatic rings. The molecule has 0 unspecified atom stereocenters. The Morgan fingerprint density at radius 1 is 0.650 bits per heavy atom. The van der Waals surface area contributed by atoms with Crippen LogP contribution in [0, 0.1) is 0 Å². The number of aliphatic hydroxyl groups is 4. The van der Waals surface area contributed by atoms with Crippen molar-refractivity contribution in [3.63, 3.8) is 0 Å². The van der Waals surface area contributed by atoms with Gasteiger partial charge in [0.1, 0.15) is 5.76 Å². The third kappa shape index (κ3) is 6.45. The number of nitrogens with one attached hydrogen (secondary N) is 1. The molecule has 0 saturated carbocycles. The van der Waals surface area contributed by atoms with Crippen LogP contribution in [0.2, 0.25) is 0 Å². The van der Waals surface area contributed by atoms with Crippen LogP contribution in [0.25, 0.3) is 54.1 Å². The number of H-pyrrole nitrogens is 1. The molecule has 0 radical (unpaired) electrons. The molecule has 5 N–H and O–H groups in total. The second kappa shape index (κ2) is 14.7. The molecule has 0 fully saturated rings. The number of fused-ring (bicyclic) bond motifs is 10. The maximum absolute atomic E-state index is 8.56. The van der Waals surface area contributed by atoms with Gasteiger partial charge in [-0.2, -0.15) is 0 Å². The first kappa shape index (κ1) is 30.2. The molecule has 0 aliphatic carbocycles. The van der Waals surface area contributed by atoms with Crippen molar-refractivity contribution in [3.05, 3.63) is 109 Å². The Morgan fingerprint density at radius 2 is 1.20 bits per heavy atom. The topological polar surface area (TPSA) is 96.7 Å². The van der Waals surface area contributed by atoms with Crippen LogP contribution in [-0.2, 0) is 0 Å². The molecule has 5 heteroatoms. The molecule has 0 saturated heterocycles. The summed E-state index contributed by atoms with van der Waals surface area (Å²) in [5, 5.41) is 43.4. The van der Waals surface area contributed by atoms with E-state index in [4.69, 9.17) is 20.4 Å². The predicted octanol–water partition coefficient (Wildman–Crippen LogP) is 9.08. The standard InChI is InChI=1S/C24H15N.C5H10O2.C4H8O2.C2H6/c1-2-8-16-15(7-1)13-14-21-22-19-11-5-3-9-17(19)18-10-4-6-12-20(18)24(22)25-23(16)21;1-2-5(7)3-4-6;1-2-4(6)3-5;1-2/h1-14,25H;3,6-7H,2,4H2,1H3;2,5-6H,3H2,1H3;1-2H3/b;5-3+;4-2-;. The number of aromatic nitrogens is 1. The zero-order chi connectivity index (χ0) is 29.1. The van der Waals surface area contributed by atoms with Crippen LogP contribution in [0.4, 0.5) is 0 Å². The van der Waals surface area contributed by atoms with Gasteiger partial charge < -0.3 is 25.4 Å². The Labute approximate surface area is 235 Å². The molecule has 0 aliphatic heterocycles. The van der Waals surface area contributed by atoms with E-state index >= 15 is 0 Å². The zero-order valence-corrected chi connectivity index (χ0v) is 23.6. The Morgan fingerprint density at radius 3 is 1.73 bits per heavy atom. The fourth-order valence-corrected chi connectivity index (χ4v) is 4.63. The van der Waals surface area contributed by atoms with Crippen LogP contribution >= 0.6 is 0 Å². The van der Waals surface area contributed by atoms with Crippen LogP contribution in [0.3, 0.4) is 0 Å². The van der Waals surface area contributed by atoms with Crippen molar-refractivity contribution in [2.24, 2.45) is 0 Å². The van der Waals surface area contributed by atoms with Gasteiger partial charge in [-0.05, 0) is 40.6 Å². The van der Waals surface area contributed by atoms with Gasteiger partial charge in [0.15, 0.2) is 0 Å². The highest BCUT2D eigenvalue weighted by Gasteiger charge is 2.14. The van der Waals surface area contributed by atoms with Crippen molar-refractivity contribution in [2.75, 3.05) is 13.2 Å². The summed E-state index contributed by atoms with van der Waals surface area (Å²) >= 11 is 0. The lowest BCUT2D eigenvalue weighted by atomic mass is 9.96. The van der Waals surface area contributed by atoms with Crippen molar-refractivity contribution in [3.8, 4) is 0 Å². The van der Waals surface area contributed by atoms with E-state index in [9.17, 15) is 0 Å². The lowest BCUT2D eigenvalue weighted by molar-refractivity contribution is 0.253. The first-order valence-corrected chi connectivity index (χ1v) is 13.7. The van der Waals surface area contributed by atoms with Gasteiger partial charge in [-0.1, -0.05) is 106 Å². The van der Waals surface area contributed by atoms with Gasteiger partial charge in [0, 0.05) is 28.0 Å². The van der Waals surface area contributed by atoms with E-state index in [1.54, 1.807) is 6.92 Å². The summed E-state index contributed by atoms with van der Waals surface area (Å²) in [5.74, 6) is 0.275. The quantitative estimate of drug-likeness (QED) is 0.115. The molecule has 5 nitrogen and oxygen atoms in total. The number of benzene rings is 5. The average molecular weight is 538 g/mol. The van der Waals surface area contributed by atoms with Crippen LogP contribution in [0.5, 0.6) is 0 Å². The molecular formula is C35H39NO4. The van der Waals surface area contributed by atoms with Gasteiger partial charge in [-0.15, -0.1) is 0 Å². The summed E-state index contributed by atoms with van der Waals surface area (Å²) in [6.45, 7) is 7.16. The van der Waals surface area contributed by atoms with Gasteiger partial charge in [0.05, 0.1) is 30.0 Å². The van der Waals surface area contributed by atoms with Gasteiger partial charge >= 0.3 is 0 Å². The maximum Gasteiger partial charge on any atom is 0.113 e. The Hall–Kier alpha value is -4.32. The van der Waals surface area contributed by atoms with E-state index < -0.39 is 0 Å². The molecule has 6 rings (SSSR count). The summed E-state index contributed by atoms with van der Waals surface area (Å²) in [6.07, 6.45) is 3.42. The lowest BCUT2D eigenvalue weighted by Gasteiger charge is -2.07. The van der Waals surface area contributed by atoms with E-state index in [1.165, 1.54) is 66.3 Å². The van der Waals surface area contributed by atoms with Crippen LogP contribution in [-0.4, -0.2) is 38.6 Å². The van der Waals surface area contributed by atoms with Crippen molar-refractivity contribution in [2.45, 2.75) is 34.1 Å². The van der Waals surface area contributed by atoms with E-state index in [0.717, 1.165) is 0 Å². The number of aliphatic hydroxyl groups excluding tert-OH is 4. The highest BCUT2D eigenvalue weighted by molar-refractivity contribution is 6.33. The van der Waals surface area contributed by atoms with Crippen molar-refractivity contribution in [1.29, 1.82) is 0 Å². The first-order chi connectivity index (χ1) is 19.5. The summed E-state index contributed by atoms with van der Waals surface area (Å²) in [4.78, 5) is 3.76. The molecule has 1 aromatic heterocycles. The monoisotopic (exact) mass is 537 g/mol. The SMILES string of the molecule is C/C=C(\O)CO.CC.CC/C(O)=C\CO.c1ccc2c(c1)ccc1c2[nH]c2c3ccccc3c3ccccc3c12. The third-order valence-electron chi connectivity index (χ3n) is 6.57. The number of allylic oxidation sites excluding steroid dienone is 2.